The van der Waals surface area contributed by atoms with Crippen molar-refractivity contribution >= 4 is 17.5 Å². The third kappa shape index (κ3) is 5.64. The summed E-state index contributed by atoms with van der Waals surface area (Å²) in [5, 5.41) is 6.45. The second-order valence-electron chi connectivity index (χ2n) is 5.23. The van der Waals surface area contributed by atoms with Crippen molar-refractivity contribution in [2.24, 2.45) is 5.10 Å². The van der Waals surface area contributed by atoms with Crippen molar-refractivity contribution in [3.63, 3.8) is 0 Å². The van der Waals surface area contributed by atoms with E-state index >= 15 is 0 Å². The van der Waals surface area contributed by atoms with Gasteiger partial charge in [0.15, 0.2) is 0 Å². The molecule has 0 saturated carbocycles. The predicted octanol–water partition coefficient (Wildman–Crippen LogP) is 2.29. The van der Waals surface area contributed by atoms with E-state index in [9.17, 15) is 14.0 Å². The van der Waals surface area contributed by atoms with E-state index < -0.39 is 17.6 Å². The first-order valence-electron chi connectivity index (χ1n) is 7.44. The first kappa shape index (κ1) is 17.3. The molecular weight excluding hydrogens is 309 g/mol. The summed E-state index contributed by atoms with van der Waals surface area (Å²) in [7, 11) is 0. The molecule has 0 fully saturated rings. The zero-order valence-electron chi connectivity index (χ0n) is 13.3. The lowest BCUT2D eigenvalue weighted by atomic mass is 10.1. The van der Waals surface area contributed by atoms with Crippen molar-refractivity contribution in [3.05, 3.63) is 71.5 Å². The number of hydrogen-bond donors (Lipinski definition) is 2. The smallest absolute Gasteiger partial charge is 0.259 e. The number of benzene rings is 2. The van der Waals surface area contributed by atoms with Gasteiger partial charge in [0.1, 0.15) is 5.82 Å². The van der Waals surface area contributed by atoms with Crippen LogP contribution in [0.25, 0.3) is 0 Å². The summed E-state index contributed by atoms with van der Waals surface area (Å²) < 4.78 is 12.8. The van der Waals surface area contributed by atoms with Crippen molar-refractivity contribution < 1.29 is 14.0 Å². The molecule has 0 aliphatic carbocycles. The number of nitrogens with one attached hydrogen (secondary N) is 2. The van der Waals surface area contributed by atoms with Crippen molar-refractivity contribution in [2.45, 2.75) is 13.3 Å². The average Bonchev–Trinajstić information content (AvgIpc) is 2.59. The van der Waals surface area contributed by atoms with E-state index in [1.54, 1.807) is 0 Å². The van der Waals surface area contributed by atoms with E-state index in [-0.39, 0.29) is 12.1 Å². The minimum Gasteiger partial charge on any atom is -0.343 e. The van der Waals surface area contributed by atoms with Gasteiger partial charge in [0.2, 0.25) is 0 Å². The highest BCUT2D eigenvalue weighted by molar-refractivity contribution is 5.96. The second kappa shape index (κ2) is 8.57. The second-order valence-corrected chi connectivity index (χ2v) is 5.23. The van der Waals surface area contributed by atoms with Gasteiger partial charge in [-0.25, -0.2) is 9.82 Å². The molecule has 124 valence electrons. The highest BCUT2D eigenvalue weighted by Gasteiger charge is 2.07. The topological polar surface area (TPSA) is 70.6 Å². The Labute approximate surface area is 139 Å². The molecule has 0 bridgehead atoms. The van der Waals surface area contributed by atoms with Gasteiger partial charge in [-0.05, 0) is 36.8 Å². The van der Waals surface area contributed by atoms with Crippen molar-refractivity contribution in [2.75, 3.05) is 6.54 Å². The summed E-state index contributed by atoms with van der Waals surface area (Å²) in [5.41, 5.74) is 4.52. The third-order valence-corrected chi connectivity index (χ3v) is 3.19. The molecule has 2 amide bonds. The highest BCUT2D eigenvalue weighted by Crippen LogP contribution is 2.02. The van der Waals surface area contributed by atoms with Gasteiger partial charge >= 0.3 is 0 Å². The Bertz CT molecular complexity index is 728. The summed E-state index contributed by atoms with van der Waals surface area (Å²) in [6, 6.07) is 14.8. The molecule has 0 aliphatic rings. The van der Waals surface area contributed by atoms with Gasteiger partial charge in [0.05, 0.1) is 6.54 Å². The molecule has 2 rings (SSSR count). The van der Waals surface area contributed by atoms with E-state index in [0.29, 0.717) is 6.42 Å². The van der Waals surface area contributed by atoms with Gasteiger partial charge in [-0.15, -0.1) is 0 Å². The van der Waals surface area contributed by atoms with Crippen LogP contribution in [-0.2, 0) is 11.2 Å². The molecule has 0 aromatic heterocycles. The van der Waals surface area contributed by atoms with Crippen LogP contribution in [0.2, 0.25) is 0 Å². The van der Waals surface area contributed by atoms with Crippen LogP contribution in [0.15, 0.2) is 59.7 Å². The molecule has 2 aromatic carbocycles. The van der Waals surface area contributed by atoms with Gasteiger partial charge < -0.3 is 5.32 Å². The number of halogens is 1. The maximum atomic E-state index is 12.8. The first-order valence-corrected chi connectivity index (χ1v) is 7.44. The number of hydrazone groups is 1. The number of carbonyl (C=O) groups is 2. The maximum absolute atomic E-state index is 12.8. The Morgan fingerprint density at radius 3 is 2.38 bits per heavy atom. The lowest BCUT2D eigenvalue weighted by Crippen LogP contribution is -2.35. The molecule has 0 heterocycles. The quantitative estimate of drug-likeness (QED) is 0.631. The zero-order chi connectivity index (χ0) is 17.4. The largest absolute Gasteiger partial charge is 0.343 e. The van der Waals surface area contributed by atoms with E-state index in [2.05, 4.69) is 15.8 Å². The average molecular weight is 327 g/mol. The molecule has 2 N–H and O–H groups in total. The Balaban J connectivity index is 1.77. The summed E-state index contributed by atoms with van der Waals surface area (Å²) in [5.74, 6) is -1.31. The summed E-state index contributed by atoms with van der Waals surface area (Å²) in [6.07, 6.45) is 0.628. The number of rotatable bonds is 6. The highest BCUT2D eigenvalue weighted by atomic mass is 19.1. The summed E-state index contributed by atoms with van der Waals surface area (Å²) in [6.45, 7) is 1.60. The molecule has 24 heavy (non-hydrogen) atoms. The van der Waals surface area contributed by atoms with Crippen LogP contribution in [-0.4, -0.2) is 24.1 Å². The van der Waals surface area contributed by atoms with Gasteiger partial charge in [-0.2, -0.15) is 5.10 Å². The SMILES string of the molecule is C/C(Cc1ccccc1)=N\NC(=O)CNC(=O)c1ccc(F)cc1. The fourth-order valence-corrected chi connectivity index (χ4v) is 1.99. The van der Waals surface area contributed by atoms with Gasteiger partial charge in [-0.1, -0.05) is 30.3 Å². The van der Waals surface area contributed by atoms with Crippen molar-refractivity contribution in [3.8, 4) is 0 Å². The predicted molar refractivity (Wildman–Crippen MR) is 90.1 cm³/mol. The number of hydrogen-bond acceptors (Lipinski definition) is 3. The monoisotopic (exact) mass is 327 g/mol. The van der Waals surface area contributed by atoms with E-state index in [1.165, 1.54) is 24.3 Å². The lowest BCUT2D eigenvalue weighted by molar-refractivity contribution is -0.120. The summed E-state index contributed by atoms with van der Waals surface area (Å²) in [4.78, 5) is 23.5. The summed E-state index contributed by atoms with van der Waals surface area (Å²) >= 11 is 0. The van der Waals surface area contributed by atoms with Crippen LogP contribution in [0.3, 0.4) is 0 Å². The zero-order valence-corrected chi connectivity index (χ0v) is 13.3. The fourth-order valence-electron chi connectivity index (χ4n) is 1.99. The van der Waals surface area contributed by atoms with Crippen molar-refractivity contribution in [1.82, 2.24) is 10.7 Å². The minimum atomic E-state index is -0.449. The lowest BCUT2D eigenvalue weighted by Gasteiger charge is -2.05. The van der Waals surface area contributed by atoms with Crippen molar-refractivity contribution in [1.29, 1.82) is 0 Å². The molecular formula is C18H18FN3O2. The van der Waals surface area contributed by atoms with Crippen LogP contribution in [0.5, 0.6) is 0 Å². The molecule has 0 radical (unpaired) electrons. The fraction of sp³-hybridized carbons (Fsp3) is 0.167. The number of nitrogens with zero attached hydrogens (tertiary/aromatic N) is 1. The minimum absolute atomic E-state index is 0.210. The van der Waals surface area contributed by atoms with Crippen LogP contribution >= 0.6 is 0 Å². The number of carbonyl (C=O) groups excluding carboxylic acids is 2. The standard InChI is InChI=1S/C18H18FN3O2/c1-13(11-14-5-3-2-4-6-14)21-22-17(23)12-20-18(24)15-7-9-16(19)10-8-15/h2-10H,11-12H2,1H3,(H,20,24)(H,22,23)/b21-13+. The van der Waals surface area contributed by atoms with Gasteiger partial charge in [0.25, 0.3) is 11.8 Å². The van der Waals surface area contributed by atoms with E-state index in [4.69, 9.17) is 0 Å². The Morgan fingerprint density at radius 2 is 1.71 bits per heavy atom. The molecule has 5 nitrogen and oxygen atoms in total. The van der Waals surface area contributed by atoms with E-state index in [0.717, 1.165) is 11.3 Å². The Hall–Kier alpha value is -3.02. The molecule has 0 atom stereocenters. The molecule has 6 heteroatoms. The number of amides is 2. The third-order valence-electron chi connectivity index (χ3n) is 3.19. The first-order chi connectivity index (χ1) is 11.5. The molecule has 0 saturated heterocycles. The molecule has 0 aliphatic heterocycles. The normalized spacial score (nSPS) is 11.0. The van der Waals surface area contributed by atoms with Gasteiger partial charge in [0, 0.05) is 17.7 Å². The van der Waals surface area contributed by atoms with Gasteiger partial charge in [-0.3, -0.25) is 9.59 Å². The van der Waals surface area contributed by atoms with Crippen LogP contribution < -0.4 is 10.7 Å². The van der Waals surface area contributed by atoms with Crippen LogP contribution in [0.4, 0.5) is 4.39 Å². The molecule has 2 aromatic rings. The Kier molecular flexibility index (Phi) is 6.19. The maximum Gasteiger partial charge on any atom is 0.259 e. The Morgan fingerprint density at radius 1 is 1.04 bits per heavy atom. The van der Waals surface area contributed by atoms with E-state index in [1.807, 2.05) is 37.3 Å². The molecule has 0 spiro atoms. The van der Waals surface area contributed by atoms with Crippen LogP contribution in [0.1, 0.15) is 22.8 Å². The molecule has 0 unspecified atom stereocenters. The van der Waals surface area contributed by atoms with Crippen LogP contribution in [0, 0.1) is 5.82 Å².